The number of aromatic nitrogens is 2. The van der Waals surface area contributed by atoms with Gasteiger partial charge in [0.2, 0.25) is 0 Å². The molecule has 1 aliphatic carbocycles. The Morgan fingerprint density at radius 2 is 1.97 bits per heavy atom. The Kier molecular flexibility index (Phi) is 5.77. The lowest BCUT2D eigenvalue weighted by atomic mass is 10.1. The normalized spacial score (nSPS) is 17.3. The van der Waals surface area contributed by atoms with Crippen molar-refractivity contribution in [2.45, 2.75) is 32.4 Å². The lowest BCUT2D eigenvalue weighted by molar-refractivity contribution is -0.146. The van der Waals surface area contributed by atoms with Gasteiger partial charge in [-0.3, -0.25) is 14.2 Å². The van der Waals surface area contributed by atoms with Crippen molar-refractivity contribution in [3.63, 3.8) is 0 Å². The third-order valence-electron chi connectivity index (χ3n) is 5.44. The summed E-state index contributed by atoms with van der Waals surface area (Å²) in [6.45, 7) is 3.21. The van der Waals surface area contributed by atoms with Gasteiger partial charge in [-0.25, -0.2) is 4.98 Å². The van der Waals surface area contributed by atoms with Crippen molar-refractivity contribution in [3.8, 4) is 11.3 Å². The van der Waals surface area contributed by atoms with E-state index in [-0.39, 0.29) is 29.4 Å². The Morgan fingerprint density at radius 1 is 1.23 bits per heavy atom. The molecular weight excluding hydrogens is 437 g/mol. The van der Waals surface area contributed by atoms with E-state index >= 15 is 0 Å². The number of hydrogen-bond acceptors (Lipinski definition) is 5. The van der Waals surface area contributed by atoms with E-state index in [4.69, 9.17) is 27.9 Å². The van der Waals surface area contributed by atoms with Crippen molar-refractivity contribution in [3.05, 3.63) is 79.7 Å². The van der Waals surface area contributed by atoms with Crippen LogP contribution in [0.25, 0.3) is 11.3 Å². The van der Waals surface area contributed by atoms with Gasteiger partial charge in [0, 0.05) is 31.0 Å². The maximum absolute atomic E-state index is 13.1. The predicted molar refractivity (Wildman–Crippen MR) is 122 cm³/mol. The molecule has 1 aliphatic rings. The highest BCUT2D eigenvalue weighted by Gasteiger charge is 2.35. The lowest BCUT2D eigenvalue weighted by Gasteiger charge is -2.25. The monoisotopic (exact) mass is 457 g/mol. The molecule has 1 heterocycles. The molecule has 0 fully saturated rings. The summed E-state index contributed by atoms with van der Waals surface area (Å²) < 4.78 is 7.08. The van der Waals surface area contributed by atoms with Crippen molar-refractivity contribution in [2.75, 3.05) is 5.32 Å². The fraction of sp³-hybridized carbons (Fsp3) is 0.261. The van der Waals surface area contributed by atoms with Crippen molar-refractivity contribution >= 4 is 35.0 Å². The molecule has 0 saturated carbocycles. The quantitative estimate of drug-likeness (QED) is 0.574. The van der Waals surface area contributed by atoms with Crippen LogP contribution in [0.5, 0.6) is 0 Å². The van der Waals surface area contributed by atoms with Gasteiger partial charge in [-0.15, -0.1) is 0 Å². The number of ether oxygens (including phenoxy) is 1. The summed E-state index contributed by atoms with van der Waals surface area (Å²) >= 11 is 12.3. The number of fused-ring (bicyclic) bond motifs is 1. The van der Waals surface area contributed by atoms with E-state index in [0.29, 0.717) is 33.5 Å². The van der Waals surface area contributed by atoms with Gasteiger partial charge < -0.3 is 10.1 Å². The van der Waals surface area contributed by atoms with Gasteiger partial charge in [0.05, 0.1) is 16.8 Å². The third-order valence-corrected chi connectivity index (χ3v) is 5.99. The predicted octanol–water partition coefficient (Wildman–Crippen LogP) is 4.70. The minimum atomic E-state index is -0.380. The van der Waals surface area contributed by atoms with E-state index in [1.807, 2.05) is 31.2 Å². The van der Waals surface area contributed by atoms with Crippen LogP contribution < -0.4 is 10.9 Å². The van der Waals surface area contributed by atoms with E-state index in [1.54, 1.807) is 25.2 Å². The minimum absolute atomic E-state index is 0.246. The average molecular weight is 458 g/mol. The Labute approximate surface area is 189 Å². The first-order valence-corrected chi connectivity index (χ1v) is 10.6. The smallest absolute Gasteiger partial charge is 0.302 e. The maximum atomic E-state index is 13.1. The molecule has 4 rings (SSSR count). The van der Waals surface area contributed by atoms with Gasteiger partial charge >= 0.3 is 5.97 Å². The van der Waals surface area contributed by atoms with Crippen molar-refractivity contribution in [1.29, 1.82) is 0 Å². The van der Waals surface area contributed by atoms with Crippen LogP contribution in [-0.4, -0.2) is 21.6 Å². The van der Waals surface area contributed by atoms with Crippen LogP contribution in [0.15, 0.2) is 47.3 Å². The fourth-order valence-corrected chi connectivity index (χ4v) is 4.53. The summed E-state index contributed by atoms with van der Waals surface area (Å²) in [5, 5.41) is 4.24. The van der Waals surface area contributed by atoms with E-state index in [9.17, 15) is 9.59 Å². The van der Waals surface area contributed by atoms with Crippen LogP contribution in [0.1, 0.15) is 29.8 Å². The molecule has 160 valence electrons. The highest BCUT2D eigenvalue weighted by molar-refractivity contribution is 6.36. The van der Waals surface area contributed by atoms with Crippen LogP contribution >= 0.6 is 23.2 Å². The van der Waals surface area contributed by atoms with Crippen molar-refractivity contribution in [1.82, 2.24) is 9.55 Å². The second kappa shape index (κ2) is 8.36. The number of rotatable bonds is 4. The molecule has 2 atom stereocenters. The molecule has 31 heavy (non-hydrogen) atoms. The van der Waals surface area contributed by atoms with Crippen molar-refractivity contribution in [2.24, 2.45) is 7.05 Å². The van der Waals surface area contributed by atoms with Crippen LogP contribution in [0.3, 0.4) is 0 Å². The molecule has 6 nitrogen and oxygen atoms in total. The Morgan fingerprint density at radius 3 is 2.68 bits per heavy atom. The zero-order valence-electron chi connectivity index (χ0n) is 17.3. The summed E-state index contributed by atoms with van der Waals surface area (Å²) in [4.78, 5) is 29.3. The topological polar surface area (TPSA) is 73.2 Å². The van der Waals surface area contributed by atoms with Gasteiger partial charge in [-0.2, -0.15) is 0 Å². The number of carbonyl (C=O) groups excluding carboxylic acids is 1. The summed E-state index contributed by atoms with van der Waals surface area (Å²) in [5.74, 6) is 0.207. The van der Waals surface area contributed by atoms with E-state index in [2.05, 4.69) is 10.3 Å². The number of hydrogen-bond donors (Lipinski definition) is 1. The second-order valence-corrected chi connectivity index (χ2v) is 8.40. The number of nitrogens with zero attached hydrogens (tertiary/aromatic N) is 2. The lowest BCUT2D eigenvalue weighted by Crippen LogP contribution is -2.31. The average Bonchev–Trinajstić information content (AvgIpc) is 3.04. The largest absolute Gasteiger partial charge is 0.460 e. The number of carbonyl (C=O) groups is 1. The van der Waals surface area contributed by atoms with Crippen LogP contribution in [-0.2, 0) is 23.0 Å². The SMILES string of the molecule is CC(=O)OC1Cc2ccccc2C1Nc1c(C)nc(-c2ccc(Cl)cc2Cl)c(=O)n1C. The molecule has 0 radical (unpaired) electrons. The van der Waals surface area contributed by atoms with E-state index in [1.165, 1.54) is 11.5 Å². The molecule has 2 aromatic carbocycles. The van der Waals surface area contributed by atoms with E-state index in [0.717, 1.165) is 11.1 Å². The number of anilines is 1. The zero-order valence-corrected chi connectivity index (χ0v) is 18.8. The zero-order chi connectivity index (χ0) is 22.3. The molecule has 0 saturated heterocycles. The Balaban J connectivity index is 1.76. The van der Waals surface area contributed by atoms with Gasteiger partial charge in [0.1, 0.15) is 17.6 Å². The molecule has 0 spiro atoms. The second-order valence-electron chi connectivity index (χ2n) is 7.56. The molecule has 1 N–H and O–H groups in total. The molecular formula is C23H21Cl2N3O3. The van der Waals surface area contributed by atoms with Gasteiger partial charge in [0.15, 0.2) is 0 Å². The Bertz CT molecular complexity index is 1240. The molecule has 0 aliphatic heterocycles. The Hall–Kier alpha value is -2.83. The van der Waals surface area contributed by atoms with Crippen LogP contribution in [0, 0.1) is 6.92 Å². The number of nitrogens with one attached hydrogen (secondary N) is 1. The first-order chi connectivity index (χ1) is 14.8. The summed E-state index contributed by atoms with van der Waals surface area (Å²) in [7, 11) is 1.67. The van der Waals surface area contributed by atoms with E-state index < -0.39 is 0 Å². The molecule has 3 aromatic rings. The summed E-state index contributed by atoms with van der Waals surface area (Å²) in [5.41, 5.74) is 3.22. The third kappa shape index (κ3) is 4.05. The first kappa shape index (κ1) is 21.4. The molecule has 1 aromatic heterocycles. The van der Waals surface area contributed by atoms with Crippen molar-refractivity contribution < 1.29 is 9.53 Å². The molecule has 0 bridgehead atoms. The highest BCUT2D eigenvalue weighted by Crippen LogP contribution is 2.36. The minimum Gasteiger partial charge on any atom is -0.460 e. The maximum Gasteiger partial charge on any atom is 0.302 e. The van der Waals surface area contributed by atoms with Gasteiger partial charge in [-0.05, 0) is 36.2 Å². The highest BCUT2D eigenvalue weighted by atomic mass is 35.5. The number of aryl methyl sites for hydroxylation is 1. The number of benzene rings is 2. The fourth-order valence-electron chi connectivity index (χ4n) is 4.03. The van der Waals surface area contributed by atoms with Crippen LogP contribution in [0.4, 0.5) is 5.82 Å². The number of esters is 1. The van der Waals surface area contributed by atoms with Gasteiger partial charge in [-0.1, -0.05) is 47.5 Å². The molecule has 2 unspecified atom stereocenters. The summed E-state index contributed by atoms with van der Waals surface area (Å²) in [6, 6.07) is 12.6. The molecule has 0 amide bonds. The van der Waals surface area contributed by atoms with Crippen LogP contribution in [0.2, 0.25) is 10.0 Å². The first-order valence-electron chi connectivity index (χ1n) is 9.81. The summed E-state index contributed by atoms with van der Waals surface area (Å²) in [6.07, 6.45) is 0.224. The molecule has 8 heteroatoms. The number of halogens is 2. The standard InChI is InChI=1S/C23H21Cl2N3O3/c1-12-22(27-20-16-7-5-4-6-14(16)10-19(20)31-13(2)29)28(3)23(30)21(26-12)17-9-8-15(24)11-18(17)25/h4-9,11,19-20,27H,10H2,1-3H3. The van der Waals surface area contributed by atoms with Gasteiger partial charge in [0.25, 0.3) is 5.56 Å².